The summed E-state index contributed by atoms with van der Waals surface area (Å²) in [6.45, 7) is 2.69. The first-order valence-corrected chi connectivity index (χ1v) is 10.2. The van der Waals surface area contributed by atoms with Crippen LogP contribution in [0, 0.1) is 0 Å². The van der Waals surface area contributed by atoms with E-state index in [1.54, 1.807) is 0 Å². The van der Waals surface area contributed by atoms with Crippen molar-refractivity contribution in [2.45, 2.75) is 103 Å². The fourth-order valence-corrected chi connectivity index (χ4v) is 2.79. The number of esters is 1. The van der Waals surface area contributed by atoms with E-state index in [1.165, 1.54) is 57.8 Å². The van der Waals surface area contributed by atoms with Crippen LogP contribution >= 0.6 is 0 Å². The molecule has 0 aromatic rings. The van der Waals surface area contributed by atoms with Gasteiger partial charge in [-0.05, 0) is 45.4 Å². The van der Waals surface area contributed by atoms with Gasteiger partial charge in [-0.15, -0.1) is 0 Å². The minimum atomic E-state index is -0.0447. The predicted molar refractivity (Wildman–Crippen MR) is 102 cm³/mol. The number of aliphatic hydroxyl groups is 1. The molecule has 0 saturated carbocycles. The minimum Gasteiger partial charge on any atom is -0.466 e. The maximum atomic E-state index is 11.2. The predicted octanol–water partition coefficient (Wildman–Crippen LogP) is 5.95. The molecule has 0 aromatic heterocycles. The van der Waals surface area contributed by atoms with Gasteiger partial charge in [-0.3, -0.25) is 4.79 Å². The zero-order valence-electron chi connectivity index (χ0n) is 15.9. The molecule has 3 nitrogen and oxygen atoms in total. The molecule has 24 heavy (non-hydrogen) atoms. The number of ether oxygens (including phenoxy) is 1. The second kappa shape index (κ2) is 20.2. The van der Waals surface area contributed by atoms with Crippen LogP contribution in [-0.4, -0.2) is 24.3 Å². The summed E-state index contributed by atoms with van der Waals surface area (Å²) in [4.78, 5) is 11.2. The first-order valence-electron chi connectivity index (χ1n) is 10.2. The molecular weight excluding hydrogens is 300 g/mol. The first-order chi connectivity index (χ1) is 11.8. The van der Waals surface area contributed by atoms with Crippen molar-refractivity contribution < 1.29 is 14.6 Å². The van der Waals surface area contributed by atoms with Crippen molar-refractivity contribution in [2.75, 3.05) is 13.2 Å². The normalized spacial score (nSPS) is 11.2. The van der Waals surface area contributed by atoms with Crippen molar-refractivity contribution in [3.05, 3.63) is 12.2 Å². The van der Waals surface area contributed by atoms with Gasteiger partial charge >= 0.3 is 5.97 Å². The van der Waals surface area contributed by atoms with Gasteiger partial charge in [0.15, 0.2) is 0 Å². The second-order valence-electron chi connectivity index (χ2n) is 6.57. The number of carbonyl (C=O) groups is 1. The van der Waals surface area contributed by atoms with E-state index in [-0.39, 0.29) is 5.97 Å². The fourth-order valence-electron chi connectivity index (χ4n) is 2.79. The maximum absolute atomic E-state index is 11.2. The van der Waals surface area contributed by atoms with Crippen molar-refractivity contribution >= 4 is 5.97 Å². The van der Waals surface area contributed by atoms with E-state index in [0.717, 1.165) is 32.1 Å². The zero-order chi connectivity index (χ0) is 17.7. The monoisotopic (exact) mass is 340 g/mol. The van der Waals surface area contributed by atoms with Crippen molar-refractivity contribution in [3.8, 4) is 0 Å². The Labute approximate surface area is 149 Å². The Bertz CT molecular complexity index is 287. The molecule has 0 aromatic carbocycles. The smallest absolute Gasteiger partial charge is 0.305 e. The van der Waals surface area contributed by atoms with E-state index in [4.69, 9.17) is 9.84 Å². The van der Waals surface area contributed by atoms with E-state index >= 15 is 0 Å². The Morgan fingerprint density at radius 3 is 1.71 bits per heavy atom. The number of carbonyl (C=O) groups excluding carboxylic acids is 1. The summed E-state index contributed by atoms with van der Waals surface area (Å²) in [6.07, 6.45) is 22.3. The Balaban J connectivity index is 3.10. The van der Waals surface area contributed by atoms with Crippen LogP contribution in [0.5, 0.6) is 0 Å². The lowest BCUT2D eigenvalue weighted by Gasteiger charge is -2.03. The first kappa shape index (κ1) is 23.2. The van der Waals surface area contributed by atoms with E-state index in [0.29, 0.717) is 19.6 Å². The standard InChI is InChI=1S/C21H40O3/c1-2-24-21(23)19-17-15-13-11-9-7-5-3-4-6-8-10-12-14-16-18-20-22/h8,10,22H,2-7,9,11-20H2,1H3. The average molecular weight is 341 g/mol. The highest BCUT2D eigenvalue weighted by atomic mass is 16.5. The molecule has 0 radical (unpaired) electrons. The summed E-state index contributed by atoms with van der Waals surface area (Å²) < 4.78 is 4.92. The Kier molecular flexibility index (Phi) is 19.5. The summed E-state index contributed by atoms with van der Waals surface area (Å²) >= 11 is 0. The molecule has 0 saturated heterocycles. The van der Waals surface area contributed by atoms with Gasteiger partial charge in [0.25, 0.3) is 0 Å². The average Bonchev–Trinajstić information content (AvgIpc) is 2.58. The lowest BCUT2D eigenvalue weighted by atomic mass is 10.1. The van der Waals surface area contributed by atoms with Gasteiger partial charge in [-0.2, -0.15) is 0 Å². The molecule has 0 heterocycles. The number of unbranched alkanes of at least 4 members (excludes halogenated alkanes) is 12. The Hall–Kier alpha value is -0.830. The number of allylic oxidation sites excluding steroid dienone is 2. The quantitative estimate of drug-likeness (QED) is 0.190. The molecule has 142 valence electrons. The minimum absolute atomic E-state index is 0.0447. The highest BCUT2D eigenvalue weighted by Crippen LogP contribution is 2.12. The van der Waals surface area contributed by atoms with Crippen LogP contribution in [0.25, 0.3) is 0 Å². The Morgan fingerprint density at radius 1 is 0.750 bits per heavy atom. The van der Waals surface area contributed by atoms with E-state index in [9.17, 15) is 4.79 Å². The second-order valence-corrected chi connectivity index (χ2v) is 6.57. The van der Waals surface area contributed by atoms with Crippen molar-refractivity contribution in [1.82, 2.24) is 0 Å². The molecular formula is C21H40O3. The number of aliphatic hydroxyl groups excluding tert-OH is 1. The third-order valence-electron chi connectivity index (χ3n) is 4.25. The van der Waals surface area contributed by atoms with Gasteiger partial charge in [0, 0.05) is 13.0 Å². The summed E-state index contributed by atoms with van der Waals surface area (Å²) in [6, 6.07) is 0. The number of hydrogen-bond donors (Lipinski definition) is 1. The molecule has 0 amide bonds. The molecule has 0 rings (SSSR count). The van der Waals surface area contributed by atoms with Crippen LogP contribution in [-0.2, 0) is 9.53 Å². The SMILES string of the molecule is CCOC(=O)CCCCCCCCCCCC=CCCCCCO. The van der Waals surface area contributed by atoms with Crippen LogP contribution in [0.4, 0.5) is 0 Å². The van der Waals surface area contributed by atoms with Gasteiger partial charge in [-0.1, -0.05) is 63.5 Å². The van der Waals surface area contributed by atoms with Crippen LogP contribution in [0.15, 0.2) is 12.2 Å². The summed E-state index contributed by atoms with van der Waals surface area (Å²) in [5.41, 5.74) is 0. The van der Waals surface area contributed by atoms with Crippen LogP contribution in [0.3, 0.4) is 0 Å². The van der Waals surface area contributed by atoms with Gasteiger partial charge in [0.1, 0.15) is 0 Å². The molecule has 0 spiro atoms. The third-order valence-corrected chi connectivity index (χ3v) is 4.25. The van der Waals surface area contributed by atoms with Gasteiger partial charge in [0.05, 0.1) is 6.61 Å². The fraction of sp³-hybridized carbons (Fsp3) is 0.857. The number of rotatable bonds is 18. The number of hydrogen-bond acceptors (Lipinski definition) is 3. The highest BCUT2D eigenvalue weighted by molar-refractivity contribution is 5.69. The summed E-state index contributed by atoms with van der Waals surface area (Å²) in [5.74, 6) is -0.0447. The summed E-state index contributed by atoms with van der Waals surface area (Å²) in [5, 5.41) is 8.68. The molecule has 1 N–H and O–H groups in total. The molecule has 0 fully saturated rings. The van der Waals surface area contributed by atoms with Gasteiger partial charge in [-0.25, -0.2) is 0 Å². The van der Waals surface area contributed by atoms with E-state index in [1.807, 2.05) is 6.92 Å². The molecule has 0 unspecified atom stereocenters. The van der Waals surface area contributed by atoms with E-state index in [2.05, 4.69) is 12.2 Å². The van der Waals surface area contributed by atoms with Crippen LogP contribution in [0.1, 0.15) is 103 Å². The molecule has 0 aliphatic rings. The third kappa shape index (κ3) is 19.2. The van der Waals surface area contributed by atoms with Gasteiger partial charge < -0.3 is 9.84 Å². The van der Waals surface area contributed by atoms with Crippen LogP contribution in [0.2, 0.25) is 0 Å². The largest absolute Gasteiger partial charge is 0.466 e. The molecule has 0 aliphatic carbocycles. The topological polar surface area (TPSA) is 46.5 Å². The molecule has 0 aliphatic heterocycles. The van der Waals surface area contributed by atoms with E-state index < -0.39 is 0 Å². The molecule has 0 bridgehead atoms. The zero-order valence-corrected chi connectivity index (χ0v) is 15.9. The molecule has 0 atom stereocenters. The highest BCUT2D eigenvalue weighted by Gasteiger charge is 2.00. The van der Waals surface area contributed by atoms with Gasteiger partial charge in [0.2, 0.25) is 0 Å². The van der Waals surface area contributed by atoms with Crippen molar-refractivity contribution in [3.63, 3.8) is 0 Å². The van der Waals surface area contributed by atoms with Crippen molar-refractivity contribution in [2.24, 2.45) is 0 Å². The maximum Gasteiger partial charge on any atom is 0.305 e. The summed E-state index contributed by atoms with van der Waals surface area (Å²) in [7, 11) is 0. The van der Waals surface area contributed by atoms with Crippen LogP contribution < -0.4 is 0 Å². The van der Waals surface area contributed by atoms with Crippen molar-refractivity contribution in [1.29, 1.82) is 0 Å². The Morgan fingerprint density at radius 2 is 1.21 bits per heavy atom. The lowest BCUT2D eigenvalue weighted by molar-refractivity contribution is -0.143. The molecule has 3 heteroatoms. The lowest BCUT2D eigenvalue weighted by Crippen LogP contribution is -2.03.